The first kappa shape index (κ1) is 14.3. The van der Waals surface area contributed by atoms with Crippen LogP contribution in [0.25, 0.3) is 11.2 Å². The fraction of sp³-hybridized carbons (Fsp3) is 0.571. The number of hydrogen-bond acceptors (Lipinski definition) is 3. The van der Waals surface area contributed by atoms with Gasteiger partial charge in [-0.3, -0.25) is 4.57 Å². The quantitative estimate of drug-likeness (QED) is 0.898. The highest BCUT2D eigenvalue weighted by atomic mass is 79.9. The summed E-state index contributed by atoms with van der Waals surface area (Å²) in [5.41, 5.74) is 7.75. The molecule has 0 aliphatic rings. The SMILES string of the molecule is CC(C)CCCC(C)n1c(N)nc2cc(Br)cnc21. The predicted molar refractivity (Wildman–Crippen MR) is 83.0 cm³/mol. The maximum atomic E-state index is 6.03. The summed E-state index contributed by atoms with van der Waals surface area (Å²) >= 11 is 3.41. The molecule has 0 radical (unpaired) electrons. The minimum atomic E-state index is 0.331. The molecular weight excluding hydrogens is 304 g/mol. The Kier molecular flexibility index (Phi) is 4.45. The van der Waals surface area contributed by atoms with Gasteiger partial charge in [0.05, 0.1) is 0 Å². The summed E-state index contributed by atoms with van der Waals surface area (Å²) < 4.78 is 2.97. The lowest BCUT2D eigenvalue weighted by atomic mass is 10.0. The number of pyridine rings is 1. The van der Waals surface area contributed by atoms with E-state index >= 15 is 0 Å². The Morgan fingerprint density at radius 1 is 1.32 bits per heavy atom. The van der Waals surface area contributed by atoms with Gasteiger partial charge >= 0.3 is 0 Å². The Morgan fingerprint density at radius 3 is 2.74 bits per heavy atom. The van der Waals surface area contributed by atoms with Gasteiger partial charge in [-0.15, -0.1) is 0 Å². The first-order valence-corrected chi connectivity index (χ1v) is 7.57. The van der Waals surface area contributed by atoms with Crippen LogP contribution in [0, 0.1) is 5.92 Å². The van der Waals surface area contributed by atoms with Gasteiger partial charge in [-0.25, -0.2) is 9.97 Å². The first-order valence-electron chi connectivity index (χ1n) is 6.78. The van der Waals surface area contributed by atoms with Gasteiger partial charge < -0.3 is 5.73 Å². The van der Waals surface area contributed by atoms with E-state index < -0.39 is 0 Å². The van der Waals surface area contributed by atoms with Gasteiger partial charge in [0, 0.05) is 16.7 Å². The molecule has 0 fully saturated rings. The molecule has 1 unspecified atom stereocenters. The first-order chi connectivity index (χ1) is 8.99. The number of imidazole rings is 1. The van der Waals surface area contributed by atoms with E-state index in [2.05, 4.69) is 46.7 Å². The minimum absolute atomic E-state index is 0.331. The maximum Gasteiger partial charge on any atom is 0.202 e. The monoisotopic (exact) mass is 324 g/mol. The average Bonchev–Trinajstić information content (AvgIpc) is 2.63. The van der Waals surface area contributed by atoms with E-state index in [1.807, 2.05) is 10.6 Å². The average molecular weight is 325 g/mol. The van der Waals surface area contributed by atoms with Crippen LogP contribution in [0.4, 0.5) is 5.95 Å². The van der Waals surface area contributed by atoms with Crippen molar-refractivity contribution in [3.05, 3.63) is 16.7 Å². The minimum Gasteiger partial charge on any atom is -0.369 e. The molecule has 104 valence electrons. The van der Waals surface area contributed by atoms with Crippen LogP contribution < -0.4 is 5.73 Å². The van der Waals surface area contributed by atoms with E-state index in [1.54, 1.807) is 6.20 Å². The number of aromatic nitrogens is 3. The van der Waals surface area contributed by atoms with E-state index in [4.69, 9.17) is 5.73 Å². The topological polar surface area (TPSA) is 56.7 Å². The molecule has 0 spiro atoms. The van der Waals surface area contributed by atoms with Gasteiger partial charge in [-0.1, -0.05) is 26.7 Å². The second-order valence-electron chi connectivity index (χ2n) is 5.51. The molecule has 19 heavy (non-hydrogen) atoms. The fourth-order valence-electron chi connectivity index (χ4n) is 2.36. The predicted octanol–water partition coefficient (Wildman–Crippen LogP) is 4.16. The lowest BCUT2D eigenvalue weighted by Crippen LogP contribution is -2.09. The summed E-state index contributed by atoms with van der Waals surface area (Å²) in [7, 11) is 0. The standard InChI is InChI=1S/C14H21BrN4/c1-9(2)5-4-6-10(3)19-13-12(18-14(19)16)7-11(15)8-17-13/h7-10H,4-6H2,1-3H3,(H2,16,18). The van der Waals surface area contributed by atoms with Crippen molar-refractivity contribution in [1.82, 2.24) is 14.5 Å². The Hall–Kier alpha value is -1.10. The van der Waals surface area contributed by atoms with E-state index in [-0.39, 0.29) is 0 Å². The number of hydrogen-bond donors (Lipinski definition) is 1. The van der Waals surface area contributed by atoms with E-state index in [0.29, 0.717) is 12.0 Å². The summed E-state index contributed by atoms with van der Waals surface area (Å²) in [5, 5.41) is 0. The molecule has 4 nitrogen and oxygen atoms in total. The van der Waals surface area contributed by atoms with E-state index in [9.17, 15) is 0 Å². The Balaban J connectivity index is 2.21. The number of nitrogen functional groups attached to an aromatic ring is 1. The van der Waals surface area contributed by atoms with Crippen molar-refractivity contribution >= 4 is 33.0 Å². The Bertz CT molecular complexity index is 562. The lowest BCUT2D eigenvalue weighted by Gasteiger charge is -2.15. The van der Waals surface area contributed by atoms with E-state index in [0.717, 1.165) is 28.0 Å². The number of fused-ring (bicyclic) bond motifs is 1. The summed E-state index contributed by atoms with van der Waals surface area (Å²) in [6.45, 7) is 6.69. The molecule has 1 atom stereocenters. The van der Waals surface area contributed by atoms with Crippen molar-refractivity contribution in [2.45, 2.75) is 46.1 Å². The molecule has 5 heteroatoms. The third-order valence-electron chi connectivity index (χ3n) is 3.37. The van der Waals surface area contributed by atoms with Gasteiger partial charge in [-0.05, 0) is 41.3 Å². The molecule has 2 N–H and O–H groups in total. The largest absolute Gasteiger partial charge is 0.369 e. The molecule has 2 aromatic heterocycles. The zero-order valence-corrected chi connectivity index (χ0v) is 13.3. The van der Waals surface area contributed by atoms with Gasteiger partial charge in [-0.2, -0.15) is 0 Å². The third-order valence-corrected chi connectivity index (χ3v) is 3.80. The number of rotatable bonds is 5. The van der Waals surface area contributed by atoms with Crippen LogP contribution >= 0.6 is 15.9 Å². The van der Waals surface area contributed by atoms with Crippen LogP contribution in [0.1, 0.15) is 46.1 Å². The lowest BCUT2D eigenvalue weighted by molar-refractivity contribution is 0.455. The number of halogens is 1. The van der Waals surface area contributed by atoms with Crippen molar-refractivity contribution in [3.63, 3.8) is 0 Å². The molecule has 0 aliphatic carbocycles. The highest BCUT2D eigenvalue weighted by molar-refractivity contribution is 9.10. The highest BCUT2D eigenvalue weighted by Gasteiger charge is 2.15. The Labute approximate surface area is 122 Å². The highest BCUT2D eigenvalue weighted by Crippen LogP contribution is 2.26. The molecule has 0 aromatic carbocycles. The van der Waals surface area contributed by atoms with Crippen molar-refractivity contribution < 1.29 is 0 Å². The van der Waals surface area contributed by atoms with Crippen LogP contribution in [-0.4, -0.2) is 14.5 Å². The van der Waals surface area contributed by atoms with Crippen molar-refractivity contribution in [1.29, 1.82) is 0 Å². The Morgan fingerprint density at radius 2 is 2.05 bits per heavy atom. The smallest absolute Gasteiger partial charge is 0.202 e. The van der Waals surface area contributed by atoms with E-state index in [1.165, 1.54) is 12.8 Å². The molecule has 2 rings (SSSR count). The molecule has 0 saturated heterocycles. The number of anilines is 1. The molecular formula is C14H21BrN4. The second-order valence-corrected chi connectivity index (χ2v) is 6.43. The molecule has 0 bridgehead atoms. The molecule has 2 heterocycles. The van der Waals surface area contributed by atoms with Crippen LogP contribution in [-0.2, 0) is 0 Å². The van der Waals surface area contributed by atoms with Gasteiger partial charge in [0.1, 0.15) is 5.52 Å². The molecule has 0 amide bonds. The summed E-state index contributed by atoms with van der Waals surface area (Å²) in [6, 6.07) is 2.29. The van der Waals surface area contributed by atoms with Crippen molar-refractivity contribution in [2.24, 2.45) is 5.92 Å². The van der Waals surface area contributed by atoms with Gasteiger partial charge in [0.15, 0.2) is 5.65 Å². The van der Waals surface area contributed by atoms with Crippen LogP contribution in [0.3, 0.4) is 0 Å². The van der Waals surface area contributed by atoms with Crippen molar-refractivity contribution in [2.75, 3.05) is 5.73 Å². The summed E-state index contributed by atoms with van der Waals surface area (Å²) in [5.74, 6) is 1.30. The zero-order valence-electron chi connectivity index (χ0n) is 11.7. The maximum absolute atomic E-state index is 6.03. The fourth-order valence-corrected chi connectivity index (χ4v) is 2.68. The zero-order chi connectivity index (χ0) is 14.0. The second kappa shape index (κ2) is 5.90. The van der Waals surface area contributed by atoms with Crippen LogP contribution in [0.2, 0.25) is 0 Å². The summed E-state index contributed by atoms with van der Waals surface area (Å²) in [4.78, 5) is 8.83. The van der Waals surface area contributed by atoms with Gasteiger partial charge in [0.25, 0.3) is 0 Å². The number of nitrogens with two attached hydrogens (primary N) is 1. The number of nitrogens with zero attached hydrogens (tertiary/aromatic N) is 3. The van der Waals surface area contributed by atoms with Crippen LogP contribution in [0.15, 0.2) is 16.7 Å². The van der Waals surface area contributed by atoms with Crippen LogP contribution in [0.5, 0.6) is 0 Å². The molecule has 0 aliphatic heterocycles. The molecule has 0 saturated carbocycles. The van der Waals surface area contributed by atoms with Crippen molar-refractivity contribution in [3.8, 4) is 0 Å². The van der Waals surface area contributed by atoms with Gasteiger partial charge in [0.2, 0.25) is 5.95 Å². The summed E-state index contributed by atoms with van der Waals surface area (Å²) in [6.07, 6.45) is 5.34. The normalized spacial score (nSPS) is 13.3. The third kappa shape index (κ3) is 3.26. The molecule has 2 aromatic rings.